The fraction of sp³-hybridized carbons (Fsp3) is 0.107. The van der Waals surface area contributed by atoms with Crippen molar-refractivity contribution in [1.29, 1.82) is 0 Å². The van der Waals surface area contributed by atoms with Crippen LogP contribution in [0.5, 0.6) is 0 Å². The topological polar surface area (TPSA) is 60.4 Å². The number of carbonyl (C=O) groups excluding carboxylic acids is 3. The summed E-state index contributed by atoms with van der Waals surface area (Å²) in [5, 5.41) is 0. The largest absolute Gasteiger partial charge is 0.457 e. The van der Waals surface area contributed by atoms with E-state index in [-0.39, 0.29) is 18.2 Å². The molecule has 4 heteroatoms. The monoisotopic (exact) mass is 422 g/mol. The molecule has 0 bridgehead atoms. The second kappa shape index (κ2) is 8.98. The van der Waals surface area contributed by atoms with Crippen molar-refractivity contribution < 1.29 is 19.1 Å². The molecule has 3 aromatic carbocycles. The van der Waals surface area contributed by atoms with Gasteiger partial charge in [0.15, 0.2) is 11.6 Å². The number of fused-ring (bicyclic) bond motifs is 2. The van der Waals surface area contributed by atoms with Crippen molar-refractivity contribution in [2.24, 2.45) is 0 Å². The first-order valence-corrected chi connectivity index (χ1v) is 10.3. The van der Waals surface area contributed by atoms with Gasteiger partial charge in [0, 0.05) is 16.7 Å². The number of hydrogen-bond acceptors (Lipinski definition) is 4. The minimum absolute atomic E-state index is 0.0489. The van der Waals surface area contributed by atoms with Gasteiger partial charge in [-0.3, -0.25) is 9.59 Å². The molecule has 0 saturated heterocycles. The zero-order valence-electron chi connectivity index (χ0n) is 17.7. The molecule has 158 valence electrons. The van der Waals surface area contributed by atoms with Gasteiger partial charge in [0.2, 0.25) is 0 Å². The van der Waals surface area contributed by atoms with Gasteiger partial charge in [-0.2, -0.15) is 0 Å². The van der Waals surface area contributed by atoms with E-state index in [1.54, 1.807) is 31.2 Å². The molecule has 0 saturated carbocycles. The molecule has 0 unspecified atom stereocenters. The Hall–Kier alpha value is -4.05. The van der Waals surface area contributed by atoms with E-state index < -0.39 is 11.9 Å². The van der Waals surface area contributed by atoms with Crippen molar-refractivity contribution in [1.82, 2.24) is 0 Å². The molecule has 0 aromatic heterocycles. The van der Waals surface area contributed by atoms with E-state index in [9.17, 15) is 14.4 Å². The van der Waals surface area contributed by atoms with Crippen LogP contribution >= 0.6 is 0 Å². The molecule has 0 fully saturated rings. The summed E-state index contributed by atoms with van der Waals surface area (Å²) in [4.78, 5) is 37.6. The third kappa shape index (κ3) is 4.21. The number of ether oxygens (including phenoxy) is 1. The van der Waals surface area contributed by atoms with Crippen molar-refractivity contribution in [2.45, 2.75) is 19.4 Å². The zero-order chi connectivity index (χ0) is 22.7. The first-order chi connectivity index (χ1) is 15.5. The number of ketones is 2. The molecule has 0 spiro atoms. The number of rotatable bonds is 6. The van der Waals surface area contributed by atoms with E-state index in [4.69, 9.17) is 4.74 Å². The maximum Gasteiger partial charge on any atom is 0.333 e. The molecular weight excluding hydrogens is 400 g/mol. The quantitative estimate of drug-likeness (QED) is 0.401. The van der Waals surface area contributed by atoms with Crippen LogP contribution in [0.25, 0.3) is 6.08 Å². The minimum Gasteiger partial charge on any atom is -0.457 e. The summed E-state index contributed by atoms with van der Waals surface area (Å²) in [6.45, 7) is 5.33. The van der Waals surface area contributed by atoms with Gasteiger partial charge in [-0.05, 0) is 35.3 Å². The van der Waals surface area contributed by atoms with Crippen LogP contribution in [0.1, 0.15) is 51.0 Å². The molecule has 3 aromatic rings. The first-order valence-electron chi connectivity index (χ1n) is 10.3. The predicted octanol–water partition coefficient (Wildman–Crippen LogP) is 5.26. The molecule has 0 heterocycles. The lowest BCUT2D eigenvalue weighted by Crippen LogP contribution is -2.24. The molecule has 1 aliphatic rings. The number of carbonyl (C=O) groups is 3. The highest BCUT2D eigenvalue weighted by atomic mass is 16.5. The molecule has 0 amide bonds. The van der Waals surface area contributed by atoms with Crippen molar-refractivity contribution in [3.63, 3.8) is 0 Å². The highest BCUT2D eigenvalue weighted by Gasteiger charge is 2.33. The second-order valence-electron chi connectivity index (χ2n) is 7.77. The molecule has 4 nitrogen and oxygen atoms in total. The van der Waals surface area contributed by atoms with Gasteiger partial charge >= 0.3 is 5.97 Å². The highest BCUT2D eigenvalue weighted by Crippen LogP contribution is 2.37. The van der Waals surface area contributed by atoms with Crippen LogP contribution in [0.2, 0.25) is 0 Å². The van der Waals surface area contributed by atoms with Crippen LogP contribution < -0.4 is 0 Å². The summed E-state index contributed by atoms with van der Waals surface area (Å²) in [7, 11) is 0. The van der Waals surface area contributed by atoms with Crippen molar-refractivity contribution in [3.05, 3.63) is 124 Å². The van der Waals surface area contributed by atoms with Crippen LogP contribution in [-0.2, 0) is 20.9 Å². The molecule has 0 N–H and O–H groups in total. The van der Waals surface area contributed by atoms with Gasteiger partial charge in [-0.15, -0.1) is 0 Å². The highest BCUT2D eigenvalue weighted by molar-refractivity contribution is 6.16. The average molecular weight is 422 g/mol. The Morgan fingerprint density at radius 2 is 1.47 bits per heavy atom. The Bertz CT molecular complexity index is 1200. The van der Waals surface area contributed by atoms with Crippen LogP contribution in [0.15, 0.2) is 91.0 Å². The Morgan fingerprint density at radius 3 is 2.03 bits per heavy atom. The average Bonchev–Trinajstić information content (AvgIpc) is 2.82. The van der Waals surface area contributed by atoms with E-state index in [1.807, 2.05) is 60.7 Å². The van der Waals surface area contributed by atoms with Gasteiger partial charge in [-0.1, -0.05) is 85.5 Å². The summed E-state index contributed by atoms with van der Waals surface area (Å²) in [5.74, 6) is -1.08. The molecule has 0 aliphatic heterocycles. The lowest BCUT2D eigenvalue weighted by Gasteiger charge is -2.25. The number of esters is 1. The van der Waals surface area contributed by atoms with Crippen molar-refractivity contribution in [3.8, 4) is 0 Å². The summed E-state index contributed by atoms with van der Waals surface area (Å²) in [5.41, 5.74) is 4.67. The van der Waals surface area contributed by atoms with Crippen LogP contribution in [0.3, 0.4) is 0 Å². The lowest BCUT2D eigenvalue weighted by atomic mass is 9.75. The van der Waals surface area contributed by atoms with E-state index in [0.29, 0.717) is 16.7 Å². The Morgan fingerprint density at radius 1 is 0.906 bits per heavy atom. The van der Waals surface area contributed by atoms with Crippen molar-refractivity contribution >= 4 is 23.6 Å². The lowest BCUT2D eigenvalue weighted by molar-refractivity contribution is -0.140. The fourth-order valence-corrected chi connectivity index (χ4v) is 3.80. The first kappa shape index (κ1) is 21.2. The normalized spacial score (nSPS) is 12.8. The van der Waals surface area contributed by atoms with Gasteiger partial charge < -0.3 is 4.74 Å². The van der Waals surface area contributed by atoms with E-state index >= 15 is 0 Å². The number of allylic oxidation sites excluding steroid dienone is 1. The van der Waals surface area contributed by atoms with Crippen molar-refractivity contribution in [2.75, 3.05) is 0 Å². The summed E-state index contributed by atoms with van der Waals surface area (Å²) < 4.78 is 5.14. The third-order valence-electron chi connectivity index (χ3n) is 5.46. The Kier molecular flexibility index (Phi) is 5.95. The smallest absolute Gasteiger partial charge is 0.333 e. The molecule has 32 heavy (non-hydrogen) atoms. The molecule has 0 radical (unpaired) electrons. The van der Waals surface area contributed by atoms with Gasteiger partial charge in [0.1, 0.15) is 6.61 Å². The van der Waals surface area contributed by atoms with Crippen LogP contribution in [0.4, 0.5) is 0 Å². The fourth-order valence-electron chi connectivity index (χ4n) is 3.80. The Balaban J connectivity index is 1.54. The van der Waals surface area contributed by atoms with Gasteiger partial charge in [0.25, 0.3) is 0 Å². The molecule has 0 atom stereocenters. The van der Waals surface area contributed by atoms with Gasteiger partial charge in [0.05, 0.1) is 5.92 Å². The van der Waals surface area contributed by atoms with E-state index in [1.165, 1.54) is 0 Å². The number of benzene rings is 3. The SMILES string of the molecule is C=C(C)C(=O)OCc1ccc(/C=C/C(=O)C2c3ccccc3C(=O)c3ccccc32)cc1. The molecule has 4 rings (SSSR count). The second-order valence-corrected chi connectivity index (χ2v) is 7.77. The summed E-state index contributed by atoms with van der Waals surface area (Å²) in [6, 6.07) is 22.0. The maximum absolute atomic E-state index is 13.2. The van der Waals surface area contributed by atoms with E-state index in [2.05, 4.69) is 6.58 Å². The maximum atomic E-state index is 13.2. The third-order valence-corrected chi connectivity index (χ3v) is 5.46. The number of hydrogen-bond donors (Lipinski definition) is 0. The summed E-state index contributed by atoms with van der Waals surface area (Å²) >= 11 is 0. The molecular formula is C28H22O4. The Labute approximate surface area is 186 Å². The van der Waals surface area contributed by atoms with Crippen LogP contribution in [0, 0.1) is 0 Å². The standard InChI is InChI=1S/C28H22O4/c1-18(2)28(31)32-17-20-13-11-19(12-14-20)15-16-25(29)26-21-7-3-5-9-23(21)27(30)24-10-6-4-8-22(24)26/h3-16,26H,1,17H2,2H3/b16-15+. The zero-order valence-corrected chi connectivity index (χ0v) is 17.7. The minimum atomic E-state index is -0.517. The summed E-state index contributed by atoms with van der Waals surface area (Å²) in [6.07, 6.45) is 3.32. The van der Waals surface area contributed by atoms with Gasteiger partial charge in [-0.25, -0.2) is 4.79 Å². The predicted molar refractivity (Wildman–Crippen MR) is 123 cm³/mol. The molecule has 1 aliphatic carbocycles. The van der Waals surface area contributed by atoms with Crippen LogP contribution in [-0.4, -0.2) is 17.5 Å². The van der Waals surface area contributed by atoms with E-state index in [0.717, 1.165) is 22.3 Å².